The van der Waals surface area contributed by atoms with Crippen molar-refractivity contribution < 1.29 is 9.16 Å². The summed E-state index contributed by atoms with van der Waals surface area (Å²) < 4.78 is 11.8. The van der Waals surface area contributed by atoms with Gasteiger partial charge in [0.15, 0.2) is 8.32 Å². The maximum atomic E-state index is 6.16. The highest BCUT2D eigenvalue weighted by Crippen LogP contribution is 2.36. The number of hydrogen-bond donors (Lipinski definition) is 0. The third-order valence-electron chi connectivity index (χ3n) is 4.18. The fraction of sp³-hybridized carbons (Fsp3) is 0.706. The summed E-state index contributed by atoms with van der Waals surface area (Å²) >= 11 is 0. The molecule has 120 valence electrons. The Hall–Kier alpha value is -0.713. The van der Waals surface area contributed by atoms with Crippen LogP contribution < -0.4 is 0 Å². The fourth-order valence-corrected chi connectivity index (χ4v) is 2.77. The number of hydrogen-bond acceptors (Lipinski definition) is 3. The van der Waals surface area contributed by atoms with Crippen molar-refractivity contribution in [1.29, 1.82) is 0 Å². The molecule has 0 atom stereocenters. The smallest absolute Gasteiger partial charge is 0.191 e. The molecule has 0 bridgehead atoms. The first-order valence-corrected chi connectivity index (χ1v) is 10.9. The lowest BCUT2D eigenvalue weighted by molar-refractivity contribution is 0.113. The number of rotatable bonds is 9. The zero-order valence-corrected chi connectivity index (χ0v) is 15.3. The number of pyridine rings is 1. The second-order valence-corrected chi connectivity index (χ2v) is 11.9. The second kappa shape index (κ2) is 8.66. The maximum Gasteiger partial charge on any atom is 0.191 e. The number of ether oxygens (including phenoxy) is 1. The first-order valence-electron chi connectivity index (χ1n) is 7.94. The summed E-state index contributed by atoms with van der Waals surface area (Å²) in [7, 11) is -1.56. The van der Waals surface area contributed by atoms with Gasteiger partial charge >= 0.3 is 0 Å². The average molecular weight is 310 g/mol. The predicted octanol–water partition coefficient (Wildman–Crippen LogP) is 4.79. The van der Waals surface area contributed by atoms with Crippen molar-refractivity contribution in [3.05, 3.63) is 30.1 Å². The van der Waals surface area contributed by atoms with Gasteiger partial charge in [-0.15, -0.1) is 0 Å². The predicted molar refractivity (Wildman–Crippen MR) is 90.9 cm³/mol. The Kier molecular flexibility index (Phi) is 7.56. The Labute approximate surface area is 131 Å². The molecule has 0 saturated heterocycles. The van der Waals surface area contributed by atoms with Gasteiger partial charge in [-0.2, -0.15) is 0 Å². The van der Waals surface area contributed by atoms with Crippen LogP contribution in [0.1, 0.15) is 45.7 Å². The van der Waals surface area contributed by atoms with Crippen molar-refractivity contribution in [2.75, 3.05) is 13.2 Å². The Morgan fingerprint density at radius 1 is 1.05 bits per heavy atom. The summed E-state index contributed by atoms with van der Waals surface area (Å²) in [4.78, 5) is 4.24. The summed E-state index contributed by atoms with van der Waals surface area (Å²) in [5, 5.41) is 0.304. The van der Waals surface area contributed by atoms with E-state index in [2.05, 4.69) is 38.8 Å². The molecule has 0 aliphatic rings. The molecule has 0 unspecified atom stereocenters. The van der Waals surface area contributed by atoms with Crippen LogP contribution in [0.3, 0.4) is 0 Å². The van der Waals surface area contributed by atoms with E-state index >= 15 is 0 Å². The van der Waals surface area contributed by atoms with Gasteiger partial charge in [-0.05, 0) is 49.5 Å². The molecule has 21 heavy (non-hydrogen) atoms. The minimum absolute atomic E-state index is 0.304. The van der Waals surface area contributed by atoms with Gasteiger partial charge in [0.2, 0.25) is 0 Å². The molecule has 4 heteroatoms. The molecule has 0 spiro atoms. The molecular formula is C17H31NO2Si. The molecule has 1 aromatic rings. The fourth-order valence-electron chi connectivity index (χ4n) is 1.69. The van der Waals surface area contributed by atoms with Gasteiger partial charge < -0.3 is 9.16 Å². The van der Waals surface area contributed by atoms with Gasteiger partial charge in [-0.3, -0.25) is 4.98 Å². The van der Waals surface area contributed by atoms with E-state index in [0.717, 1.165) is 38.2 Å². The minimum atomic E-state index is -1.56. The van der Waals surface area contributed by atoms with Crippen LogP contribution in [0, 0.1) is 0 Å². The molecule has 0 aliphatic carbocycles. The third-order valence-corrected chi connectivity index (χ3v) is 8.72. The monoisotopic (exact) mass is 309 g/mol. The van der Waals surface area contributed by atoms with Crippen molar-refractivity contribution in [1.82, 2.24) is 4.98 Å². The van der Waals surface area contributed by atoms with E-state index in [9.17, 15) is 0 Å². The van der Waals surface area contributed by atoms with Crippen molar-refractivity contribution in [2.45, 2.75) is 64.8 Å². The van der Waals surface area contributed by atoms with Crippen molar-refractivity contribution >= 4 is 8.32 Å². The number of aromatic nitrogens is 1. The van der Waals surface area contributed by atoms with E-state index in [-0.39, 0.29) is 0 Å². The summed E-state index contributed by atoms with van der Waals surface area (Å²) in [5.41, 5.74) is 0.999. The van der Waals surface area contributed by atoms with Gasteiger partial charge in [0, 0.05) is 19.4 Å². The summed E-state index contributed by atoms with van der Waals surface area (Å²) in [6.07, 6.45) is 5.18. The Bertz CT molecular complexity index is 388. The van der Waals surface area contributed by atoms with E-state index in [4.69, 9.17) is 9.16 Å². The molecule has 0 saturated carbocycles. The minimum Gasteiger partial charge on any atom is -0.417 e. The molecule has 1 rings (SSSR count). The Morgan fingerprint density at radius 2 is 1.76 bits per heavy atom. The lowest BCUT2D eigenvalue weighted by Crippen LogP contribution is -2.40. The summed E-state index contributed by atoms with van der Waals surface area (Å²) in [6, 6.07) is 5.91. The van der Waals surface area contributed by atoms with E-state index in [1.54, 1.807) is 6.20 Å². The molecule has 1 heterocycles. The molecule has 1 aromatic heterocycles. The van der Waals surface area contributed by atoms with Gasteiger partial charge in [0.25, 0.3) is 0 Å². The highest BCUT2D eigenvalue weighted by atomic mass is 28.4. The van der Waals surface area contributed by atoms with Crippen LogP contribution in [-0.4, -0.2) is 26.5 Å². The summed E-state index contributed by atoms with van der Waals surface area (Å²) in [6.45, 7) is 13.8. The molecule has 0 amide bonds. The van der Waals surface area contributed by atoms with Crippen LogP contribution >= 0.6 is 0 Å². The zero-order valence-electron chi connectivity index (χ0n) is 14.3. The third kappa shape index (κ3) is 7.20. The first kappa shape index (κ1) is 18.3. The summed E-state index contributed by atoms with van der Waals surface area (Å²) in [5.74, 6) is 0. The lowest BCUT2D eigenvalue weighted by atomic mass is 10.2. The first-order chi connectivity index (χ1) is 9.83. The van der Waals surface area contributed by atoms with Gasteiger partial charge in [-0.1, -0.05) is 26.8 Å². The van der Waals surface area contributed by atoms with Gasteiger partial charge in [0.1, 0.15) is 0 Å². The van der Waals surface area contributed by atoms with Crippen LogP contribution in [0.2, 0.25) is 18.1 Å². The largest absolute Gasteiger partial charge is 0.417 e. The van der Waals surface area contributed by atoms with E-state index in [1.165, 1.54) is 0 Å². The van der Waals surface area contributed by atoms with Crippen LogP contribution in [0.25, 0.3) is 0 Å². The Balaban J connectivity index is 2.00. The standard InChI is InChI=1S/C17H31NO2Si/c1-17(2,3)21(4,5)20-14-10-6-9-13-19-15-16-11-7-8-12-18-16/h7-8,11-12H,6,9-10,13-15H2,1-5H3. The lowest BCUT2D eigenvalue weighted by Gasteiger charge is -2.36. The SMILES string of the molecule is CC(C)(C)[Si](C)(C)OCCCCCOCc1ccccn1. The zero-order chi connectivity index (χ0) is 15.8. The van der Waals surface area contributed by atoms with Crippen molar-refractivity contribution in [3.8, 4) is 0 Å². The normalized spacial score (nSPS) is 12.6. The van der Waals surface area contributed by atoms with Crippen molar-refractivity contribution in [2.24, 2.45) is 0 Å². The van der Waals surface area contributed by atoms with Crippen LogP contribution in [0.5, 0.6) is 0 Å². The van der Waals surface area contributed by atoms with Crippen LogP contribution in [0.4, 0.5) is 0 Å². The molecule has 0 aliphatic heterocycles. The highest BCUT2D eigenvalue weighted by Gasteiger charge is 2.36. The maximum absolute atomic E-state index is 6.16. The Morgan fingerprint density at radius 3 is 2.38 bits per heavy atom. The number of nitrogens with zero attached hydrogens (tertiary/aromatic N) is 1. The van der Waals surface area contributed by atoms with Gasteiger partial charge in [-0.25, -0.2) is 0 Å². The molecule has 0 aromatic carbocycles. The average Bonchev–Trinajstić information content (AvgIpc) is 2.41. The molecular weight excluding hydrogens is 278 g/mol. The van der Waals surface area contributed by atoms with Gasteiger partial charge in [0.05, 0.1) is 12.3 Å². The number of unbranched alkanes of at least 4 members (excludes halogenated alkanes) is 2. The van der Waals surface area contributed by atoms with E-state index in [0.29, 0.717) is 11.6 Å². The molecule has 0 fully saturated rings. The van der Waals surface area contributed by atoms with Crippen LogP contribution in [0.15, 0.2) is 24.4 Å². The molecule has 0 N–H and O–H groups in total. The highest BCUT2D eigenvalue weighted by molar-refractivity contribution is 6.74. The molecule has 3 nitrogen and oxygen atoms in total. The van der Waals surface area contributed by atoms with E-state index in [1.807, 2.05) is 18.2 Å². The van der Waals surface area contributed by atoms with E-state index < -0.39 is 8.32 Å². The van der Waals surface area contributed by atoms with Crippen molar-refractivity contribution in [3.63, 3.8) is 0 Å². The van der Waals surface area contributed by atoms with Crippen LogP contribution in [-0.2, 0) is 15.8 Å². The quantitative estimate of drug-likeness (QED) is 0.485. The topological polar surface area (TPSA) is 31.4 Å². The molecule has 0 radical (unpaired) electrons. The second-order valence-electron chi connectivity index (χ2n) is 7.04.